The lowest BCUT2D eigenvalue weighted by atomic mass is 9.91. The van der Waals surface area contributed by atoms with Crippen molar-refractivity contribution in [2.24, 2.45) is 5.73 Å². The minimum Gasteiger partial charge on any atom is -0.347 e. The SMILES string of the molecule is CN(C)C(=O)Cn1cc2c(Cl)c(-c3c[nH]c4nc(N5CCC(C)(N)CC5)n5ccnc5c34)ccc2n1. The predicted molar refractivity (Wildman–Crippen MR) is 141 cm³/mol. The summed E-state index contributed by atoms with van der Waals surface area (Å²) in [6, 6.07) is 3.88. The Bertz CT molecular complexity index is 1620. The molecule has 36 heavy (non-hydrogen) atoms. The van der Waals surface area contributed by atoms with E-state index in [4.69, 9.17) is 22.3 Å². The quantitative estimate of drug-likeness (QED) is 0.387. The molecule has 0 saturated carbocycles. The lowest BCUT2D eigenvalue weighted by Gasteiger charge is -2.37. The van der Waals surface area contributed by atoms with Crippen molar-refractivity contribution in [2.45, 2.75) is 31.8 Å². The van der Waals surface area contributed by atoms with Gasteiger partial charge in [0, 0.05) is 74.0 Å². The molecular formula is C25H28ClN9O. The Morgan fingerprint density at radius 1 is 1.25 bits per heavy atom. The van der Waals surface area contributed by atoms with Crippen molar-refractivity contribution >= 4 is 51.0 Å². The Balaban J connectivity index is 1.44. The molecule has 1 aliphatic heterocycles. The van der Waals surface area contributed by atoms with Crippen molar-refractivity contribution in [1.29, 1.82) is 0 Å². The van der Waals surface area contributed by atoms with Crippen molar-refractivity contribution in [2.75, 3.05) is 32.1 Å². The number of rotatable bonds is 4. The number of hydrogen-bond acceptors (Lipinski definition) is 6. The molecule has 6 rings (SSSR count). The molecule has 1 saturated heterocycles. The number of aromatic amines is 1. The van der Waals surface area contributed by atoms with Gasteiger partial charge in [0.1, 0.15) is 12.2 Å². The van der Waals surface area contributed by atoms with E-state index in [1.165, 1.54) is 0 Å². The van der Waals surface area contributed by atoms with Gasteiger partial charge in [0.15, 0.2) is 5.65 Å². The van der Waals surface area contributed by atoms with Gasteiger partial charge in [0.05, 0.1) is 15.9 Å². The van der Waals surface area contributed by atoms with Gasteiger partial charge in [-0.3, -0.25) is 13.9 Å². The highest BCUT2D eigenvalue weighted by molar-refractivity contribution is 6.38. The Labute approximate surface area is 212 Å². The summed E-state index contributed by atoms with van der Waals surface area (Å²) >= 11 is 6.92. The number of amides is 1. The number of imidazole rings is 1. The second-order valence-corrected chi connectivity index (χ2v) is 10.5. The molecule has 0 radical (unpaired) electrons. The van der Waals surface area contributed by atoms with E-state index in [1.54, 1.807) is 29.9 Å². The topological polar surface area (TPSA) is 113 Å². The second-order valence-electron chi connectivity index (χ2n) is 10.1. The number of nitrogens with one attached hydrogen (secondary N) is 1. The van der Waals surface area contributed by atoms with E-state index in [-0.39, 0.29) is 18.0 Å². The molecule has 0 aliphatic carbocycles. The highest BCUT2D eigenvalue weighted by Crippen LogP contribution is 2.39. The van der Waals surface area contributed by atoms with Crippen LogP contribution < -0.4 is 10.6 Å². The zero-order valence-electron chi connectivity index (χ0n) is 20.5. The number of anilines is 1. The van der Waals surface area contributed by atoms with Crippen LogP contribution in [-0.4, -0.2) is 72.7 Å². The molecule has 4 aromatic heterocycles. The molecular weight excluding hydrogens is 478 g/mol. The smallest absolute Gasteiger partial charge is 0.243 e. The summed E-state index contributed by atoms with van der Waals surface area (Å²) in [5.74, 6) is 0.816. The van der Waals surface area contributed by atoms with E-state index in [1.807, 2.05) is 35.1 Å². The van der Waals surface area contributed by atoms with Crippen LogP contribution in [0.4, 0.5) is 5.95 Å². The summed E-state index contributed by atoms with van der Waals surface area (Å²) in [7, 11) is 3.45. The normalized spacial score (nSPS) is 15.9. The van der Waals surface area contributed by atoms with Crippen LogP contribution in [0.1, 0.15) is 19.8 Å². The van der Waals surface area contributed by atoms with E-state index >= 15 is 0 Å². The number of aromatic nitrogens is 6. The first kappa shape index (κ1) is 22.8. The third kappa shape index (κ3) is 3.68. The average Bonchev–Trinajstić information content (AvgIpc) is 3.56. The van der Waals surface area contributed by atoms with E-state index < -0.39 is 0 Å². The maximum absolute atomic E-state index is 12.1. The minimum absolute atomic E-state index is 0.0378. The first-order chi connectivity index (χ1) is 17.2. The number of carbonyl (C=O) groups is 1. The molecule has 186 valence electrons. The Morgan fingerprint density at radius 2 is 2.03 bits per heavy atom. The number of fused-ring (bicyclic) bond motifs is 4. The molecule has 11 heteroatoms. The molecule has 3 N–H and O–H groups in total. The van der Waals surface area contributed by atoms with E-state index in [0.29, 0.717) is 5.02 Å². The van der Waals surface area contributed by atoms with Crippen LogP contribution in [0.5, 0.6) is 0 Å². The average molecular weight is 506 g/mol. The van der Waals surface area contributed by atoms with Gasteiger partial charge in [0.25, 0.3) is 0 Å². The first-order valence-corrected chi connectivity index (χ1v) is 12.3. The van der Waals surface area contributed by atoms with Crippen LogP contribution in [0, 0.1) is 0 Å². The molecule has 1 amide bonds. The minimum atomic E-state index is -0.142. The number of H-pyrrole nitrogens is 1. The summed E-state index contributed by atoms with van der Waals surface area (Å²) < 4.78 is 3.67. The molecule has 0 bridgehead atoms. The predicted octanol–water partition coefficient (Wildman–Crippen LogP) is 3.29. The number of piperidine rings is 1. The van der Waals surface area contributed by atoms with Gasteiger partial charge in [-0.1, -0.05) is 17.7 Å². The van der Waals surface area contributed by atoms with Gasteiger partial charge in [-0.25, -0.2) is 4.98 Å². The monoisotopic (exact) mass is 505 g/mol. The zero-order valence-corrected chi connectivity index (χ0v) is 21.2. The molecule has 1 aliphatic rings. The molecule has 1 aromatic carbocycles. The van der Waals surface area contributed by atoms with Crippen LogP contribution in [0.2, 0.25) is 5.02 Å². The standard InChI is InChI=1S/C25H28ClN9O/c1-25(27)6-9-33(10-7-25)24-30-22-20(23-28-8-11-35(23)24)16(12-29-22)15-4-5-18-17(21(15)26)13-34(31-18)14-19(36)32(2)3/h4-5,8,11-13,29H,6-7,9-10,14,27H2,1-3H3. The number of nitrogens with zero attached hydrogens (tertiary/aromatic N) is 7. The number of halogens is 1. The Morgan fingerprint density at radius 3 is 2.78 bits per heavy atom. The van der Waals surface area contributed by atoms with Crippen molar-refractivity contribution in [3.05, 3.63) is 41.9 Å². The van der Waals surface area contributed by atoms with Crippen LogP contribution in [-0.2, 0) is 11.3 Å². The van der Waals surface area contributed by atoms with Crippen molar-refractivity contribution in [3.8, 4) is 11.1 Å². The molecule has 0 spiro atoms. The van der Waals surface area contributed by atoms with E-state index in [9.17, 15) is 4.79 Å². The van der Waals surface area contributed by atoms with Crippen LogP contribution in [0.3, 0.4) is 0 Å². The number of nitrogens with two attached hydrogens (primary N) is 1. The second kappa shape index (κ2) is 8.21. The number of carbonyl (C=O) groups excluding carboxylic acids is 1. The maximum atomic E-state index is 12.1. The molecule has 1 fully saturated rings. The van der Waals surface area contributed by atoms with Gasteiger partial charge >= 0.3 is 0 Å². The Kier molecular flexibility index (Phi) is 5.20. The molecule has 0 unspecified atom stereocenters. The van der Waals surface area contributed by atoms with Crippen molar-refractivity contribution in [1.82, 2.24) is 34.0 Å². The number of likely N-dealkylation sites (N-methyl/N-ethyl adjacent to an activating group) is 1. The van der Waals surface area contributed by atoms with Gasteiger partial charge in [-0.2, -0.15) is 10.1 Å². The fourth-order valence-corrected chi connectivity index (χ4v) is 5.17. The van der Waals surface area contributed by atoms with Gasteiger partial charge in [-0.05, 0) is 25.8 Å². The molecule has 0 atom stereocenters. The highest BCUT2D eigenvalue weighted by Gasteiger charge is 2.28. The van der Waals surface area contributed by atoms with E-state index in [0.717, 1.165) is 70.6 Å². The maximum Gasteiger partial charge on any atom is 0.243 e. The van der Waals surface area contributed by atoms with Gasteiger partial charge in [0.2, 0.25) is 11.9 Å². The zero-order chi connectivity index (χ0) is 25.2. The largest absolute Gasteiger partial charge is 0.347 e. The van der Waals surface area contributed by atoms with Crippen molar-refractivity contribution in [3.63, 3.8) is 0 Å². The summed E-state index contributed by atoms with van der Waals surface area (Å²) in [5, 5.41) is 6.80. The fourth-order valence-electron chi connectivity index (χ4n) is 4.86. The van der Waals surface area contributed by atoms with Crippen molar-refractivity contribution < 1.29 is 4.79 Å². The summed E-state index contributed by atoms with van der Waals surface area (Å²) in [6.45, 7) is 3.95. The third-order valence-electron chi connectivity index (χ3n) is 7.10. The summed E-state index contributed by atoms with van der Waals surface area (Å²) in [6.07, 6.45) is 9.30. The first-order valence-electron chi connectivity index (χ1n) is 12.0. The number of benzene rings is 1. The van der Waals surface area contributed by atoms with Crippen LogP contribution in [0.25, 0.3) is 38.7 Å². The number of hydrogen-bond donors (Lipinski definition) is 2. The third-order valence-corrected chi connectivity index (χ3v) is 7.50. The fraction of sp³-hybridized carbons (Fsp3) is 0.360. The van der Waals surface area contributed by atoms with Crippen LogP contribution >= 0.6 is 11.6 Å². The molecule has 10 nitrogen and oxygen atoms in total. The lowest BCUT2D eigenvalue weighted by molar-refractivity contribution is -0.129. The van der Waals surface area contributed by atoms with Gasteiger partial charge < -0.3 is 20.5 Å². The summed E-state index contributed by atoms with van der Waals surface area (Å²) in [5.41, 5.74) is 10.3. The van der Waals surface area contributed by atoms with E-state index in [2.05, 4.69) is 26.9 Å². The highest BCUT2D eigenvalue weighted by atomic mass is 35.5. The van der Waals surface area contributed by atoms with Crippen LogP contribution in [0.15, 0.2) is 36.9 Å². The van der Waals surface area contributed by atoms with Gasteiger partial charge in [-0.15, -0.1) is 0 Å². The molecule has 5 aromatic rings. The molecule has 5 heterocycles. The lowest BCUT2D eigenvalue weighted by Crippen LogP contribution is -2.48. The summed E-state index contributed by atoms with van der Waals surface area (Å²) in [4.78, 5) is 29.0. The Hall–Kier alpha value is -3.63.